The first-order valence-corrected chi connectivity index (χ1v) is 3.43. The number of aromatic nitrogens is 3. The van der Waals surface area contributed by atoms with Crippen LogP contribution in [0.4, 0.5) is 5.95 Å². The molecule has 0 spiro atoms. The smallest absolute Gasteiger partial charge is 0.240 e. The fourth-order valence-corrected chi connectivity index (χ4v) is 0.759. The van der Waals surface area contributed by atoms with Crippen LogP contribution in [0.25, 0.3) is 0 Å². The zero-order chi connectivity index (χ0) is 9.30. The molecule has 0 aliphatic heterocycles. The van der Waals surface area contributed by atoms with Crippen LogP contribution in [0.5, 0.6) is 0 Å². The second-order valence-corrected chi connectivity index (χ2v) is 2.55. The minimum absolute atomic E-state index is 0.0705. The van der Waals surface area contributed by atoms with Gasteiger partial charge in [-0.05, 0) is 6.92 Å². The molecule has 7 heteroatoms. The molecule has 2 atom stereocenters. The molecule has 1 aromatic rings. The highest BCUT2D eigenvalue weighted by Crippen LogP contribution is 2.10. The maximum Gasteiger partial charge on any atom is 0.240 e. The molecule has 68 valence electrons. The van der Waals surface area contributed by atoms with Crippen molar-refractivity contribution in [2.75, 3.05) is 11.6 Å². The third-order valence-electron chi connectivity index (χ3n) is 1.57. The Labute approximate surface area is 69.1 Å². The molecule has 0 saturated heterocycles. The third-order valence-corrected chi connectivity index (χ3v) is 1.57. The van der Waals surface area contributed by atoms with Crippen LogP contribution >= 0.6 is 0 Å². The van der Waals surface area contributed by atoms with Gasteiger partial charge < -0.3 is 22.4 Å². The fraction of sp³-hybridized carbons (Fsp3) is 0.600. The summed E-state index contributed by atoms with van der Waals surface area (Å²) in [6, 6.07) is -0.667. The maximum absolute atomic E-state index is 9.11. The number of nitrogens with two attached hydrogens (primary N) is 3. The molecule has 0 radical (unpaired) electrons. The summed E-state index contributed by atoms with van der Waals surface area (Å²) in [7, 11) is 0. The number of rotatable bonds is 2. The van der Waals surface area contributed by atoms with Crippen LogP contribution < -0.4 is 17.3 Å². The molecule has 0 aliphatic carbocycles. The van der Waals surface area contributed by atoms with E-state index in [4.69, 9.17) is 22.4 Å². The molecule has 0 aliphatic rings. The van der Waals surface area contributed by atoms with Crippen molar-refractivity contribution >= 4 is 5.95 Å². The van der Waals surface area contributed by atoms with Crippen molar-refractivity contribution in [3.63, 3.8) is 0 Å². The summed E-state index contributed by atoms with van der Waals surface area (Å²) >= 11 is 0. The highest BCUT2D eigenvalue weighted by Gasteiger charge is 2.19. The Kier molecular flexibility index (Phi) is 2.15. The van der Waals surface area contributed by atoms with Gasteiger partial charge in [-0.1, -0.05) is 0 Å². The SMILES string of the molecule is CC(O)C(N)c1nnc(N)n1N. The van der Waals surface area contributed by atoms with Crippen molar-refractivity contribution in [1.82, 2.24) is 14.9 Å². The lowest BCUT2D eigenvalue weighted by Crippen LogP contribution is -2.29. The van der Waals surface area contributed by atoms with E-state index in [0.717, 1.165) is 4.68 Å². The Morgan fingerprint density at radius 3 is 2.42 bits per heavy atom. The summed E-state index contributed by atoms with van der Waals surface area (Å²) in [4.78, 5) is 0. The molecule has 12 heavy (non-hydrogen) atoms. The molecule has 0 fully saturated rings. The predicted octanol–water partition coefficient (Wildman–Crippen LogP) is -2.05. The number of aliphatic hydroxyl groups excluding tert-OH is 1. The highest BCUT2D eigenvalue weighted by atomic mass is 16.3. The van der Waals surface area contributed by atoms with Crippen LogP contribution in [0.1, 0.15) is 18.8 Å². The Morgan fingerprint density at radius 2 is 2.08 bits per heavy atom. The van der Waals surface area contributed by atoms with E-state index in [9.17, 15) is 0 Å². The Hall–Kier alpha value is -1.34. The van der Waals surface area contributed by atoms with Gasteiger partial charge in [0.2, 0.25) is 5.95 Å². The van der Waals surface area contributed by atoms with Crippen LogP contribution in [0.2, 0.25) is 0 Å². The minimum Gasteiger partial charge on any atom is -0.391 e. The Bertz CT molecular complexity index is 269. The van der Waals surface area contributed by atoms with E-state index in [1.54, 1.807) is 0 Å². The summed E-state index contributed by atoms with van der Waals surface area (Å²) in [6.45, 7) is 1.54. The molecule has 2 unspecified atom stereocenters. The zero-order valence-electron chi connectivity index (χ0n) is 6.68. The molecule has 1 aromatic heterocycles. The van der Waals surface area contributed by atoms with Gasteiger partial charge in [0.1, 0.15) is 0 Å². The van der Waals surface area contributed by atoms with Crippen molar-refractivity contribution in [2.45, 2.75) is 19.1 Å². The van der Waals surface area contributed by atoms with E-state index in [-0.39, 0.29) is 11.8 Å². The number of anilines is 1. The van der Waals surface area contributed by atoms with Gasteiger partial charge >= 0.3 is 0 Å². The lowest BCUT2D eigenvalue weighted by molar-refractivity contribution is 0.159. The number of hydrogen-bond donors (Lipinski definition) is 4. The van der Waals surface area contributed by atoms with Crippen LogP contribution in [0.15, 0.2) is 0 Å². The second-order valence-electron chi connectivity index (χ2n) is 2.55. The second kappa shape index (κ2) is 2.95. The van der Waals surface area contributed by atoms with Gasteiger partial charge in [-0.25, -0.2) is 4.68 Å². The van der Waals surface area contributed by atoms with Crippen LogP contribution in [-0.2, 0) is 0 Å². The highest BCUT2D eigenvalue weighted by molar-refractivity contribution is 5.18. The van der Waals surface area contributed by atoms with Crippen molar-refractivity contribution in [3.8, 4) is 0 Å². The van der Waals surface area contributed by atoms with Gasteiger partial charge in [0.05, 0.1) is 12.1 Å². The molecular weight excluding hydrogens is 160 g/mol. The van der Waals surface area contributed by atoms with Crippen molar-refractivity contribution in [1.29, 1.82) is 0 Å². The molecule has 0 bridgehead atoms. The number of aliphatic hydroxyl groups is 1. The Morgan fingerprint density at radius 1 is 1.50 bits per heavy atom. The van der Waals surface area contributed by atoms with Gasteiger partial charge in [-0.15, -0.1) is 10.2 Å². The molecule has 0 aromatic carbocycles. The standard InChI is InChI=1S/C5H12N6O/c1-2(12)3(6)4-9-10-5(7)11(4)8/h2-3,12H,6,8H2,1H3,(H2,7,10). The van der Waals surface area contributed by atoms with E-state index < -0.39 is 12.1 Å². The van der Waals surface area contributed by atoms with Crippen LogP contribution in [0.3, 0.4) is 0 Å². The number of hydrogen-bond acceptors (Lipinski definition) is 6. The molecule has 1 rings (SSSR count). The summed E-state index contributed by atoms with van der Waals surface area (Å²) in [5, 5.41) is 16.2. The van der Waals surface area contributed by atoms with Crippen molar-refractivity contribution in [3.05, 3.63) is 5.82 Å². The van der Waals surface area contributed by atoms with E-state index in [0.29, 0.717) is 0 Å². The normalized spacial score (nSPS) is 15.9. The zero-order valence-corrected chi connectivity index (χ0v) is 6.68. The lowest BCUT2D eigenvalue weighted by Gasteiger charge is -2.12. The first-order valence-electron chi connectivity index (χ1n) is 3.43. The molecular formula is C5H12N6O. The van der Waals surface area contributed by atoms with Gasteiger partial charge in [0.15, 0.2) is 5.82 Å². The lowest BCUT2D eigenvalue weighted by atomic mass is 10.2. The number of nitrogen functional groups attached to an aromatic ring is 2. The summed E-state index contributed by atoms with van der Waals surface area (Å²) in [5.41, 5.74) is 10.8. The number of nitrogens with zero attached hydrogens (tertiary/aromatic N) is 3. The summed E-state index contributed by atoms with van der Waals surface area (Å²) in [5.74, 6) is 5.75. The van der Waals surface area contributed by atoms with Gasteiger partial charge in [-0.3, -0.25) is 0 Å². The molecule has 0 saturated carbocycles. The van der Waals surface area contributed by atoms with Crippen LogP contribution in [0, 0.1) is 0 Å². The van der Waals surface area contributed by atoms with E-state index in [1.807, 2.05) is 0 Å². The topological polar surface area (TPSA) is 129 Å². The fourth-order valence-electron chi connectivity index (χ4n) is 0.759. The average molecular weight is 172 g/mol. The van der Waals surface area contributed by atoms with Crippen molar-refractivity contribution < 1.29 is 5.11 Å². The first-order chi connectivity index (χ1) is 5.54. The monoisotopic (exact) mass is 172 g/mol. The maximum atomic E-state index is 9.11. The summed E-state index contributed by atoms with van der Waals surface area (Å²) in [6.07, 6.45) is -0.740. The average Bonchev–Trinajstić information content (AvgIpc) is 2.32. The van der Waals surface area contributed by atoms with E-state index in [2.05, 4.69) is 10.2 Å². The minimum atomic E-state index is -0.740. The summed E-state index contributed by atoms with van der Waals surface area (Å²) < 4.78 is 1.05. The first kappa shape index (κ1) is 8.75. The largest absolute Gasteiger partial charge is 0.391 e. The molecule has 7 N–H and O–H groups in total. The molecule has 7 nitrogen and oxygen atoms in total. The predicted molar refractivity (Wildman–Crippen MR) is 43.2 cm³/mol. The third kappa shape index (κ3) is 1.31. The van der Waals surface area contributed by atoms with Gasteiger partial charge in [0.25, 0.3) is 0 Å². The van der Waals surface area contributed by atoms with E-state index in [1.165, 1.54) is 6.92 Å². The van der Waals surface area contributed by atoms with Gasteiger partial charge in [0, 0.05) is 0 Å². The molecule has 1 heterocycles. The van der Waals surface area contributed by atoms with Crippen molar-refractivity contribution in [2.24, 2.45) is 5.73 Å². The molecule has 0 amide bonds. The van der Waals surface area contributed by atoms with Gasteiger partial charge in [-0.2, -0.15) is 0 Å². The Balaban J connectivity index is 2.95. The van der Waals surface area contributed by atoms with E-state index >= 15 is 0 Å². The van der Waals surface area contributed by atoms with Crippen LogP contribution in [-0.4, -0.2) is 26.1 Å². The quantitative estimate of drug-likeness (QED) is 0.380.